The van der Waals surface area contributed by atoms with Crippen LogP contribution in [0.15, 0.2) is 35.8 Å². The highest BCUT2D eigenvalue weighted by molar-refractivity contribution is 7.12. The van der Waals surface area contributed by atoms with Crippen LogP contribution in [0.2, 0.25) is 0 Å². The van der Waals surface area contributed by atoms with Gasteiger partial charge in [-0.25, -0.2) is 4.39 Å². The molecule has 160 valence electrons. The molecule has 2 aromatic heterocycles. The minimum absolute atomic E-state index is 0.0973. The molecule has 3 heterocycles. The summed E-state index contributed by atoms with van der Waals surface area (Å²) in [6, 6.07) is 9.11. The molecule has 0 unspecified atom stereocenters. The number of benzene rings is 1. The van der Waals surface area contributed by atoms with Crippen LogP contribution in [0, 0.1) is 24.1 Å². The molecule has 0 bridgehead atoms. The molecule has 0 spiro atoms. The Balaban J connectivity index is 1.61. The van der Waals surface area contributed by atoms with Crippen molar-refractivity contribution in [1.82, 2.24) is 9.88 Å². The van der Waals surface area contributed by atoms with Gasteiger partial charge in [-0.3, -0.25) is 9.78 Å². The fourth-order valence-electron chi connectivity index (χ4n) is 4.48. The van der Waals surface area contributed by atoms with Gasteiger partial charge in [0.2, 0.25) is 0 Å². The van der Waals surface area contributed by atoms with Crippen molar-refractivity contribution >= 4 is 33.8 Å². The fraction of sp³-hybridized carbons (Fsp3) is 0.375. The van der Waals surface area contributed by atoms with Gasteiger partial charge in [-0.1, -0.05) is 13.0 Å². The number of halogens is 1. The van der Waals surface area contributed by atoms with Crippen LogP contribution >= 0.6 is 11.3 Å². The predicted molar refractivity (Wildman–Crippen MR) is 122 cm³/mol. The Hall–Kier alpha value is -2.98. The summed E-state index contributed by atoms with van der Waals surface area (Å²) in [5.41, 5.74) is 2.68. The van der Waals surface area contributed by atoms with E-state index in [1.54, 1.807) is 6.20 Å². The second kappa shape index (κ2) is 9.03. The van der Waals surface area contributed by atoms with E-state index < -0.39 is 0 Å². The molecule has 5 nitrogen and oxygen atoms in total. The van der Waals surface area contributed by atoms with Gasteiger partial charge in [0.1, 0.15) is 11.9 Å². The van der Waals surface area contributed by atoms with Crippen molar-refractivity contribution in [2.45, 2.75) is 39.2 Å². The van der Waals surface area contributed by atoms with Crippen LogP contribution in [0.4, 0.5) is 10.1 Å². The molecule has 1 saturated heterocycles. The number of nitrogens with zero attached hydrogens (tertiary/aromatic N) is 4. The van der Waals surface area contributed by atoms with Crippen LogP contribution in [0.5, 0.6) is 0 Å². The first-order chi connectivity index (χ1) is 15.0. The smallest absolute Gasteiger partial charge is 0.264 e. The molecule has 31 heavy (non-hydrogen) atoms. The molecule has 1 aliphatic rings. The number of nitriles is 1. The summed E-state index contributed by atoms with van der Waals surface area (Å²) >= 11 is 1.48. The maximum atomic E-state index is 14.2. The van der Waals surface area contributed by atoms with Gasteiger partial charge in [0.25, 0.3) is 5.91 Å². The molecule has 4 rings (SSSR count). The van der Waals surface area contributed by atoms with E-state index in [0.29, 0.717) is 24.0 Å². The first-order valence-corrected chi connectivity index (χ1v) is 11.5. The lowest BCUT2D eigenvalue weighted by molar-refractivity contribution is 0.0655. The van der Waals surface area contributed by atoms with Gasteiger partial charge < -0.3 is 9.80 Å². The van der Waals surface area contributed by atoms with Gasteiger partial charge in [0, 0.05) is 37.3 Å². The Morgan fingerprint density at radius 3 is 2.81 bits per heavy atom. The monoisotopic (exact) mass is 436 g/mol. The predicted octanol–water partition coefficient (Wildman–Crippen LogP) is 5.14. The van der Waals surface area contributed by atoms with Gasteiger partial charge in [0.05, 0.1) is 21.6 Å². The minimum Gasteiger partial charge on any atom is -0.370 e. The number of piperidine rings is 1. The molecule has 3 aromatic rings. The first kappa shape index (κ1) is 21.3. The van der Waals surface area contributed by atoms with Crippen molar-refractivity contribution in [1.29, 1.82) is 5.26 Å². The third kappa shape index (κ3) is 4.13. The summed E-state index contributed by atoms with van der Waals surface area (Å²) in [7, 11) is 0. The van der Waals surface area contributed by atoms with Crippen LogP contribution in [0.25, 0.3) is 10.9 Å². The highest BCUT2D eigenvalue weighted by Gasteiger charge is 2.30. The van der Waals surface area contributed by atoms with E-state index in [1.165, 1.54) is 23.5 Å². The number of aromatic nitrogens is 1. The average Bonchev–Trinajstić information content (AvgIpc) is 3.31. The minimum atomic E-state index is -0.325. The number of thiophene rings is 1. The molecule has 1 aromatic carbocycles. The standard InChI is InChI=1S/C24H25FN4OS/c1-3-8-29(24(30)21-5-4-11-31-21)19-6-9-28(10-7-19)23-17(14-26)15-27-22-16(2)12-18(25)13-20(22)23/h4-5,11-13,15,19H,3,6-10H2,1-2H3. The molecule has 7 heteroatoms. The van der Waals surface area contributed by atoms with Crippen LogP contribution in [0.3, 0.4) is 0 Å². The van der Waals surface area contributed by atoms with Crippen molar-refractivity contribution in [2.75, 3.05) is 24.5 Å². The Bertz CT molecular complexity index is 1130. The molecular weight excluding hydrogens is 411 g/mol. The zero-order valence-electron chi connectivity index (χ0n) is 17.8. The molecule has 0 aliphatic carbocycles. The topological polar surface area (TPSA) is 60.2 Å². The number of aryl methyl sites for hydroxylation is 1. The highest BCUT2D eigenvalue weighted by Crippen LogP contribution is 2.34. The molecule has 0 radical (unpaired) electrons. The molecular formula is C24H25FN4OS. The molecule has 1 amide bonds. The highest BCUT2D eigenvalue weighted by atomic mass is 32.1. The van der Waals surface area contributed by atoms with Crippen LogP contribution in [0.1, 0.15) is 47.0 Å². The average molecular weight is 437 g/mol. The van der Waals surface area contributed by atoms with Crippen LogP contribution < -0.4 is 4.90 Å². The van der Waals surface area contributed by atoms with E-state index in [9.17, 15) is 14.4 Å². The normalized spacial score (nSPS) is 14.6. The van der Waals surface area contributed by atoms with Crippen molar-refractivity contribution in [3.63, 3.8) is 0 Å². The number of hydrogen-bond donors (Lipinski definition) is 0. The van der Waals surface area contributed by atoms with Gasteiger partial charge >= 0.3 is 0 Å². The van der Waals surface area contributed by atoms with E-state index in [4.69, 9.17) is 0 Å². The van der Waals surface area contributed by atoms with Crippen molar-refractivity contribution < 1.29 is 9.18 Å². The van der Waals surface area contributed by atoms with Crippen molar-refractivity contribution in [3.8, 4) is 6.07 Å². The third-order valence-corrected chi connectivity index (χ3v) is 6.76. The van der Waals surface area contributed by atoms with E-state index >= 15 is 0 Å². The van der Waals surface area contributed by atoms with Gasteiger partial charge in [-0.15, -0.1) is 11.3 Å². The molecule has 1 aliphatic heterocycles. The third-order valence-electron chi connectivity index (χ3n) is 5.90. The van der Waals surface area contributed by atoms with Gasteiger partial charge in [0.15, 0.2) is 0 Å². The number of anilines is 1. The fourth-order valence-corrected chi connectivity index (χ4v) is 5.16. The molecule has 0 N–H and O–H groups in total. The lowest BCUT2D eigenvalue weighted by Gasteiger charge is -2.40. The Morgan fingerprint density at radius 2 is 2.16 bits per heavy atom. The van der Waals surface area contributed by atoms with E-state index in [-0.39, 0.29) is 17.8 Å². The summed E-state index contributed by atoms with van der Waals surface area (Å²) in [4.78, 5) is 22.4. The number of rotatable bonds is 5. The molecule has 1 fully saturated rings. The lowest BCUT2D eigenvalue weighted by atomic mass is 9.99. The Kier molecular flexibility index (Phi) is 6.19. The largest absolute Gasteiger partial charge is 0.370 e. The maximum absolute atomic E-state index is 14.2. The molecule has 0 atom stereocenters. The SMILES string of the molecule is CCCN(C(=O)c1cccs1)C1CCN(c2c(C#N)cnc3c(C)cc(F)cc23)CC1. The summed E-state index contributed by atoms with van der Waals surface area (Å²) in [5, 5.41) is 12.3. The number of carbonyl (C=O) groups is 1. The van der Waals surface area contributed by atoms with E-state index in [0.717, 1.165) is 47.5 Å². The van der Waals surface area contributed by atoms with E-state index in [2.05, 4.69) is 22.9 Å². The second-order valence-corrected chi connectivity index (χ2v) is 8.89. The second-order valence-electron chi connectivity index (χ2n) is 7.95. The maximum Gasteiger partial charge on any atom is 0.264 e. The zero-order chi connectivity index (χ0) is 22.0. The summed E-state index contributed by atoms with van der Waals surface area (Å²) < 4.78 is 14.2. The van der Waals surface area contributed by atoms with Crippen molar-refractivity contribution in [2.24, 2.45) is 0 Å². The van der Waals surface area contributed by atoms with Crippen LogP contribution in [-0.2, 0) is 0 Å². The first-order valence-electron chi connectivity index (χ1n) is 10.6. The number of fused-ring (bicyclic) bond motifs is 1. The van der Waals surface area contributed by atoms with Crippen molar-refractivity contribution in [3.05, 3.63) is 57.7 Å². The van der Waals surface area contributed by atoms with E-state index in [1.807, 2.05) is 29.3 Å². The zero-order valence-corrected chi connectivity index (χ0v) is 18.6. The lowest BCUT2D eigenvalue weighted by Crippen LogP contribution is -2.47. The number of amides is 1. The van der Waals surface area contributed by atoms with Gasteiger partial charge in [-0.2, -0.15) is 5.26 Å². The number of hydrogen-bond acceptors (Lipinski definition) is 5. The summed E-state index contributed by atoms with van der Waals surface area (Å²) in [5.74, 6) is -0.228. The Morgan fingerprint density at radius 1 is 1.39 bits per heavy atom. The number of carbonyl (C=O) groups excluding carboxylic acids is 1. The van der Waals surface area contributed by atoms with Crippen LogP contribution in [-0.4, -0.2) is 41.5 Å². The quantitative estimate of drug-likeness (QED) is 0.556. The number of pyridine rings is 1. The van der Waals surface area contributed by atoms with Gasteiger partial charge in [-0.05, 0) is 55.3 Å². The summed E-state index contributed by atoms with van der Waals surface area (Å²) in [6.07, 6.45) is 4.10. The Labute approximate surface area is 185 Å². The summed E-state index contributed by atoms with van der Waals surface area (Å²) in [6.45, 7) is 6.05. The molecule has 0 saturated carbocycles.